The number of hydrogen-bond donors (Lipinski definition) is 0. The lowest BCUT2D eigenvalue weighted by atomic mass is 10.1. The van der Waals surface area contributed by atoms with Crippen LogP contribution in [0.15, 0.2) is 78.1 Å². The van der Waals surface area contributed by atoms with Gasteiger partial charge in [0.15, 0.2) is 5.65 Å². The molecule has 0 fully saturated rings. The Morgan fingerprint density at radius 3 is 2.60 bits per heavy atom. The molecule has 4 aromatic rings. The maximum absolute atomic E-state index is 13.6. The van der Waals surface area contributed by atoms with Crippen molar-refractivity contribution in [3.63, 3.8) is 0 Å². The first kappa shape index (κ1) is 19.9. The number of ether oxygens (including phenoxy) is 1. The summed E-state index contributed by atoms with van der Waals surface area (Å²) in [5.74, 6) is 0.695. The van der Waals surface area contributed by atoms with Crippen LogP contribution in [0.4, 0.5) is 5.69 Å². The first-order chi connectivity index (χ1) is 14.5. The largest absolute Gasteiger partial charge is 0.494 e. The van der Waals surface area contributed by atoms with Gasteiger partial charge in [-0.3, -0.25) is 8.71 Å². The lowest BCUT2D eigenvalue weighted by molar-refractivity contribution is 0.340. The second-order valence-electron chi connectivity index (χ2n) is 6.89. The van der Waals surface area contributed by atoms with Gasteiger partial charge >= 0.3 is 0 Å². The molecular formula is C22H22N4O3S. The molecule has 4 rings (SSSR count). The van der Waals surface area contributed by atoms with Crippen LogP contribution in [-0.4, -0.2) is 29.6 Å². The van der Waals surface area contributed by atoms with Gasteiger partial charge in [0.1, 0.15) is 17.0 Å². The average molecular weight is 423 g/mol. The summed E-state index contributed by atoms with van der Waals surface area (Å²) in [6, 6.07) is 18.1. The number of benzene rings is 2. The minimum Gasteiger partial charge on any atom is -0.494 e. The van der Waals surface area contributed by atoms with E-state index in [0.29, 0.717) is 23.7 Å². The van der Waals surface area contributed by atoms with Gasteiger partial charge in [0.05, 0.1) is 18.8 Å². The molecule has 2 aromatic heterocycles. The van der Waals surface area contributed by atoms with E-state index < -0.39 is 10.0 Å². The van der Waals surface area contributed by atoms with Gasteiger partial charge in [-0.25, -0.2) is 8.42 Å². The zero-order chi connectivity index (χ0) is 21.1. The van der Waals surface area contributed by atoms with Gasteiger partial charge in [-0.2, -0.15) is 0 Å². The van der Waals surface area contributed by atoms with Crippen molar-refractivity contribution in [3.05, 3.63) is 84.3 Å². The van der Waals surface area contributed by atoms with Crippen LogP contribution in [0, 0.1) is 6.92 Å². The minimum absolute atomic E-state index is 0.163. The van der Waals surface area contributed by atoms with E-state index in [9.17, 15) is 8.42 Å². The van der Waals surface area contributed by atoms with Crippen LogP contribution in [0.2, 0.25) is 0 Å². The number of fused-ring (bicyclic) bond motifs is 1. The molecule has 0 radical (unpaired) electrons. The first-order valence-corrected chi connectivity index (χ1v) is 11.0. The number of aromatic nitrogens is 3. The summed E-state index contributed by atoms with van der Waals surface area (Å²) in [7, 11) is -3.84. The highest BCUT2D eigenvalue weighted by atomic mass is 32.2. The number of nitrogens with zero attached hydrogens (tertiary/aromatic N) is 4. The van der Waals surface area contributed by atoms with Crippen molar-refractivity contribution in [1.29, 1.82) is 0 Å². The van der Waals surface area contributed by atoms with E-state index >= 15 is 0 Å². The number of pyridine rings is 1. The van der Waals surface area contributed by atoms with Crippen LogP contribution >= 0.6 is 0 Å². The molecule has 0 bridgehead atoms. The van der Waals surface area contributed by atoms with Crippen molar-refractivity contribution in [2.24, 2.45) is 0 Å². The highest BCUT2D eigenvalue weighted by Gasteiger charge is 2.26. The normalized spacial score (nSPS) is 11.5. The molecule has 30 heavy (non-hydrogen) atoms. The summed E-state index contributed by atoms with van der Waals surface area (Å²) in [6.45, 7) is 4.64. The lowest BCUT2D eigenvalue weighted by Gasteiger charge is -2.25. The van der Waals surface area contributed by atoms with E-state index in [4.69, 9.17) is 4.74 Å². The monoisotopic (exact) mass is 422 g/mol. The third-order valence-electron chi connectivity index (χ3n) is 4.70. The molecule has 0 unspecified atom stereocenters. The summed E-state index contributed by atoms with van der Waals surface area (Å²) in [5.41, 5.74) is 3.12. The van der Waals surface area contributed by atoms with Crippen molar-refractivity contribution < 1.29 is 13.2 Å². The van der Waals surface area contributed by atoms with Crippen LogP contribution in [0.3, 0.4) is 0 Å². The van der Waals surface area contributed by atoms with Crippen molar-refractivity contribution in [2.45, 2.75) is 25.3 Å². The van der Waals surface area contributed by atoms with E-state index in [0.717, 1.165) is 11.1 Å². The Labute approximate surface area is 175 Å². The second kappa shape index (κ2) is 8.16. The Morgan fingerprint density at radius 2 is 1.87 bits per heavy atom. The van der Waals surface area contributed by atoms with E-state index in [1.807, 2.05) is 38.1 Å². The van der Waals surface area contributed by atoms with Crippen molar-refractivity contribution in [1.82, 2.24) is 14.6 Å². The maximum atomic E-state index is 13.6. The third-order valence-corrected chi connectivity index (χ3v) is 6.45. The Kier molecular flexibility index (Phi) is 5.41. The van der Waals surface area contributed by atoms with E-state index in [2.05, 4.69) is 10.2 Å². The highest BCUT2D eigenvalue weighted by Crippen LogP contribution is 2.28. The summed E-state index contributed by atoms with van der Waals surface area (Å²) in [4.78, 5) is 0.163. The number of hydrogen-bond acceptors (Lipinski definition) is 5. The Morgan fingerprint density at radius 1 is 1.07 bits per heavy atom. The molecular weight excluding hydrogens is 400 g/mol. The maximum Gasteiger partial charge on any atom is 0.266 e. The Bertz CT molecular complexity index is 1270. The molecule has 7 nitrogen and oxygen atoms in total. The van der Waals surface area contributed by atoms with Gasteiger partial charge in [-0.1, -0.05) is 29.8 Å². The molecule has 2 aromatic carbocycles. The molecule has 0 spiro atoms. The number of rotatable bonds is 7. The Hall–Kier alpha value is -3.39. The molecule has 8 heteroatoms. The van der Waals surface area contributed by atoms with Crippen molar-refractivity contribution in [3.8, 4) is 5.75 Å². The first-order valence-electron chi connectivity index (χ1n) is 9.58. The van der Waals surface area contributed by atoms with E-state index in [-0.39, 0.29) is 11.4 Å². The standard InChI is InChI=1S/C22H22N4O3S/c1-3-29-20-9-7-19(8-10-20)26(14-18-6-4-5-17(2)13-18)30(27,28)21-11-12-22-24-23-16-25(22)15-21/h4-13,15-16H,3,14H2,1-2H3. The smallest absolute Gasteiger partial charge is 0.266 e. The van der Waals surface area contributed by atoms with Gasteiger partial charge in [-0.05, 0) is 55.8 Å². The lowest BCUT2D eigenvalue weighted by Crippen LogP contribution is -2.30. The predicted molar refractivity (Wildman–Crippen MR) is 115 cm³/mol. The molecule has 0 amide bonds. The molecule has 0 saturated carbocycles. The van der Waals surface area contributed by atoms with E-state index in [1.54, 1.807) is 40.8 Å². The van der Waals surface area contributed by atoms with E-state index in [1.165, 1.54) is 16.8 Å². The molecule has 0 N–H and O–H groups in total. The van der Waals surface area contributed by atoms with Gasteiger partial charge in [-0.15, -0.1) is 10.2 Å². The van der Waals surface area contributed by atoms with Gasteiger partial charge in [0.2, 0.25) is 0 Å². The van der Waals surface area contributed by atoms with Crippen LogP contribution < -0.4 is 9.04 Å². The van der Waals surface area contributed by atoms with Gasteiger partial charge in [0, 0.05) is 6.20 Å². The SMILES string of the molecule is CCOc1ccc(N(Cc2cccc(C)c2)S(=O)(=O)c2ccc3nncn3c2)cc1. The zero-order valence-corrected chi connectivity index (χ0v) is 17.6. The highest BCUT2D eigenvalue weighted by molar-refractivity contribution is 7.92. The number of aryl methyl sites for hydroxylation is 1. The number of anilines is 1. The quantitative estimate of drug-likeness (QED) is 0.452. The fraction of sp³-hybridized carbons (Fsp3) is 0.182. The summed E-state index contributed by atoms with van der Waals surface area (Å²) in [6.07, 6.45) is 3.01. The van der Waals surface area contributed by atoms with Crippen molar-refractivity contribution in [2.75, 3.05) is 10.9 Å². The van der Waals surface area contributed by atoms with Crippen LogP contribution in [-0.2, 0) is 16.6 Å². The fourth-order valence-corrected chi connectivity index (χ4v) is 4.71. The third kappa shape index (κ3) is 3.99. The summed E-state index contributed by atoms with van der Waals surface area (Å²) >= 11 is 0. The molecule has 0 atom stereocenters. The second-order valence-corrected chi connectivity index (χ2v) is 8.75. The van der Waals surface area contributed by atoms with Crippen molar-refractivity contribution >= 4 is 21.4 Å². The molecule has 2 heterocycles. The van der Waals surface area contributed by atoms with Gasteiger partial charge in [0.25, 0.3) is 10.0 Å². The Balaban J connectivity index is 1.78. The van der Waals surface area contributed by atoms with Crippen LogP contribution in [0.1, 0.15) is 18.1 Å². The molecule has 0 aliphatic carbocycles. The summed E-state index contributed by atoms with van der Waals surface area (Å²) < 4.78 is 35.8. The molecule has 0 saturated heterocycles. The average Bonchev–Trinajstić information content (AvgIpc) is 3.21. The zero-order valence-electron chi connectivity index (χ0n) is 16.8. The molecule has 0 aliphatic heterocycles. The fourth-order valence-electron chi connectivity index (χ4n) is 3.25. The molecule has 0 aliphatic rings. The topological polar surface area (TPSA) is 76.8 Å². The van der Waals surface area contributed by atoms with Crippen LogP contribution in [0.5, 0.6) is 5.75 Å². The van der Waals surface area contributed by atoms with Crippen LogP contribution in [0.25, 0.3) is 5.65 Å². The number of sulfonamides is 1. The summed E-state index contributed by atoms with van der Waals surface area (Å²) in [5, 5.41) is 7.76. The minimum atomic E-state index is -3.84. The predicted octanol–water partition coefficient (Wildman–Crippen LogP) is 3.83. The van der Waals surface area contributed by atoms with Gasteiger partial charge < -0.3 is 4.74 Å². The molecule has 154 valence electrons.